The van der Waals surface area contributed by atoms with Gasteiger partial charge in [0.25, 0.3) is 0 Å². The van der Waals surface area contributed by atoms with Gasteiger partial charge in [-0.1, -0.05) is 6.07 Å². The molecule has 0 N–H and O–H groups in total. The molecule has 0 spiro atoms. The van der Waals surface area contributed by atoms with Crippen molar-refractivity contribution in [2.45, 2.75) is 19.4 Å². The lowest BCUT2D eigenvalue weighted by Gasteiger charge is -2.37. The van der Waals surface area contributed by atoms with Crippen LogP contribution >= 0.6 is 11.3 Å². The fourth-order valence-electron chi connectivity index (χ4n) is 3.41. The third kappa shape index (κ3) is 5.33. The maximum atomic E-state index is 13.5. The molecule has 0 bridgehead atoms. The predicted molar refractivity (Wildman–Crippen MR) is 109 cm³/mol. The average Bonchev–Trinajstić information content (AvgIpc) is 3.18. The molecule has 156 valence electrons. The van der Waals surface area contributed by atoms with Crippen LogP contribution in [0.4, 0.5) is 4.39 Å². The quantitative estimate of drug-likeness (QED) is 0.659. The second-order valence-corrected chi connectivity index (χ2v) is 7.85. The lowest BCUT2D eigenvalue weighted by atomic mass is 10.0. The molecule has 1 aromatic heterocycles. The third-order valence-corrected chi connectivity index (χ3v) is 5.95. The topological polar surface area (TPSA) is 59.1 Å². The van der Waals surface area contributed by atoms with Crippen LogP contribution < -0.4 is 4.74 Å². The van der Waals surface area contributed by atoms with Crippen LogP contribution in [0, 0.1) is 5.82 Å². The highest BCUT2D eigenvalue weighted by Gasteiger charge is 2.33. The summed E-state index contributed by atoms with van der Waals surface area (Å²) in [5.41, 5.74) is 1.05. The van der Waals surface area contributed by atoms with Crippen molar-refractivity contribution in [2.75, 3.05) is 40.0 Å². The molecule has 0 saturated carbocycles. The predicted octanol–water partition coefficient (Wildman–Crippen LogP) is 2.89. The van der Waals surface area contributed by atoms with Crippen molar-refractivity contribution >= 4 is 23.2 Å². The van der Waals surface area contributed by atoms with Crippen molar-refractivity contribution in [2.24, 2.45) is 0 Å². The van der Waals surface area contributed by atoms with Gasteiger partial charge in [-0.05, 0) is 35.6 Å². The van der Waals surface area contributed by atoms with E-state index in [4.69, 9.17) is 9.47 Å². The van der Waals surface area contributed by atoms with Crippen LogP contribution in [0.2, 0.25) is 0 Å². The summed E-state index contributed by atoms with van der Waals surface area (Å²) < 4.78 is 24.3. The van der Waals surface area contributed by atoms with Gasteiger partial charge in [-0.25, -0.2) is 4.39 Å². The summed E-state index contributed by atoms with van der Waals surface area (Å²) in [6, 6.07) is 7.69. The van der Waals surface area contributed by atoms with Crippen molar-refractivity contribution in [3.05, 3.63) is 52.0 Å². The summed E-state index contributed by atoms with van der Waals surface area (Å²) in [5, 5.41) is 2.01. The minimum Gasteiger partial charge on any atom is -0.491 e. The molecule has 1 aliphatic rings. The zero-order valence-corrected chi connectivity index (χ0v) is 17.4. The summed E-state index contributed by atoms with van der Waals surface area (Å²) in [6.07, 6.45) is 0.771. The van der Waals surface area contributed by atoms with Crippen LogP contribution in [0.15, 0.2) is 35.7 Å². The molecule has 0 saturated heterocycles. The molecule has 0 radical (unpaired) electrons. The fourth-order valence-corrected chi connectivity index (χ4v) is 4.34. The van der Waals surface area contributed by atoms with E-state index in [0.717, 1.165) is 12.0 Å². The van der Waals surface area contributed by atoms with Crippen molar-refractivity contribution < 1.29 is 23.5 Å². The molecule has 6 nitrogen and oxygen atoms in total. The van der Waals surface area contributed by atoms with E-state index in [1.165, 1.54) is 28.8 Å². The van der Waals surface area contributed by atoms with Crippen molar-refractivity contribution in [1.29, 1.82) is 0 Å². The molecular formula is C21H25FN2O4S. The van der Waals surface area contributed by atoms with Crippen LogP contribution in [-0.2, 0) is 20.7 Å². The summed E-state index contributed by atoms with van der Waals surface area (Å²) >= 11 is 1.66. The first-order valence-electron chi connectivity index (χ1n) is 9.48. The molecule has 1 atom stereocenters. The van der Waals surface area contributed by atoms with Crippen molar-refractivity contribution in [3.63, 3.8) is 0 Å². The number of ether oxygens (including phenoxy) is 2. The zero-order valence-electron chi connectivity index (χ0n) is 16.6. The molecule has 1 aromatic carbocycles. The number of thiophene rings is 1. The molecular weight excluding hydrogens is 395 g/mol. The van der Waals surface area contributed by atoms with Gasteiger partial charge in [0, 0.05) is 38.1 Å². The highest BCUT2D eigenvalue weighted by atomic mass is 32.1. The van der Waals surface area contributed by atoms with E-state index in [0.29, 0.717) is 25.4 Å². The summed E-state index contributed by atoms with van der Waals surface area (Å²) in [6.45, 7) is 2.94. The summed E-state index contributed by atoms with van der Waals surface area (Å²) in [5.74, 6) is -0.257. The molecule has 1 aliphatic heterocycles. The number of carbonyl (C=O) groups is 2. The number of fused-ring (bicyclic) bond motifs is 1. The van der Waals surface area contributed by atoms with Crippen molar-refractivity contribution in [3.8, 4) is 5.75 Å². The van der Waals surface area contributed by atoms with Gasteiger partial charge in [0.05, 0.1) is 19.2 Å². The van der Waals surface area contributed by atoms with Gasteiger partial charge in [-0.2, -0.15) is 0 Å². The standard InChI is InChI=1S/C21H25FN2O4S/c1-15(25)23(9-10-27-2)13-21(26)24-8-6-20-18(7-11-29-20)19(24)14-28-17-5-3-4-16(22)12-17/h3-5,7,11-12,19H,6,8-10,13-14H2,1-2H3. The first kappa shape index (κ1) is 21.3. The number of benzene rings is 1. The molecule has 0 aliphatic carbocycles. The number of nitrogens with zero attached hydrogens (tertiary/aromatic N) is 2. The molecule has 29 heavy (non-hydrogen) atoms. The molecule has 2 amide bonds. The van der Waals surface area contributed by atoms with E-state index < -0.39 is 0 Å². The lowest BCUT2D eigenvalue weighted by molar-refractivity contribution is -0.142. The van der Waals surface area contributed by atoms with Gasteiger partial charge in [0.1, 0.15) is 18.2 Å². The highest BCUT2D eigenvalue weighted by molar-refractivity contribution is 7.10. The largest absolute Gasteiger partial charge is 0.491 e. The van der Waals surface area contributed by atoms with Gasteiger partial charge in [-0.15, -0.1) is 11.3 Å². The Morgan fingerprint density at radius 1 is 1.34 bits per heavy atom. The monoisotopic (exact) mass is 420 g/mol. The zero-order chi connectivity index (χ0) is 20.8. The molecule has 1 unspecified atom stereocenters. The number of halogens is 1. The Balaban J connectivity index is 1.75. The van der Waals surface area contributed by atoms with Gasteiger partial charge in [-0.3, -0.25) is 9.59 Å². The van der Waals surface area contributed by atoms with E-state index in [9.17, 15) is 14.0 Å². The van der Waals surface area contributed by atoms with Gasteiger partial charge >= 0.3 is 0 Å². The fraction of sp³-hybridized carbons (Fsp3) is 0.429. The maximum absolute atomic E-state index is 13.5. The first-order valence-corrected chi connectivity index (χ1v) is 10.4. The number of carbonyl (C=O) groups excluding carboxylic acids is 2. The Hall–Kier alpha value is -2.45. The van der Waals surface area contributed by atoms with E-state index in [1.807, 2.05) is 11.4 Å². The highest BCUT2D eigenvalue weighted by Crippen LogP contribution is 2.34. The van der Waals surface area contributed by atoms with E-state index >= 15 is 0 Å². The van der Waals surface area contributed by atoms with Gasteiger partial charge < -0.3 is 19.3 Å². The van der Waals surface area contributed by atoms with E-state index in [1.54, 1.807) is 35.5 Å². The second-order valence-electron chi connectivity index (χ2n) is 6.85. The van der Waals surface area contributed by atoms with Crippen LogP contribution in [0.5, 0.6) is 5.75 Å². The number of hydrogen-bond acceptors (Lipinski definition) is 5. The number of rotatable bonds is 8. The molecule has 2 aromatic rings. The number of amides is 2. The van der Waals surface area contributed by atoms with Gasteiger partial charge in [0.2, 0.25) is 11.8 Å². The minimum absolute atomic E-state index is 0.00533. The third-order valence-electron chi connectivity index (χ3n) is 4.96. The van der Waals surface area contributed by atoms with Crippen molar-refractivity contribution in [1.82, 2.24) is 9.80 Å². The SMILES string of the molecule is COCCN(CC(=O)N1CCc2sccc2C1COc1cccc(F)c1)C(C)=O. The number of hydrogen-bond donors (Lipinski definition) is 0. The molecule has 2 heterocycles. The molecule has 0 fully saturated rings. The van der Waals surface area contributed by atoms with Gasteiger partial charge in [0.15, 0.2) is 0 Å². The van der Waals surface area contributed by atoms with Crippen LogP contribution in [0.3, 0.4) is 0 Å². The van der Waals surface area contributed by atoms with Crippen LogP contribution in [0.25, 0.3) is 0 Å². The summed E-state index contributed by atoms with van der Waals surface area (Å²) in [4.78, 5) is 29.4. The Kier molecular flexibility index (Phi) is 7.22. The molecule has 3 rings (SSSR count). The lowest BCUT2D eigenvalue weighted by Crippen LogP contribution is -2.48. The van der Waals surface area contributed by atoms with E-state index in [-0.39, 0.29) is 36.8 Å². The first-order chi connectivity index (χ1) is 14.0. The Bertz CT molecular complexity index is 857. The number of methoxy groups -OCH3 is 1. The normalized spacial score (nSPS) is 15.7. The van der Waals surface area contributed by atoms with Crippen LogP contribution in [-0.4, -0.2) is 61.6 Å². The Morgan fingerprint density at radius 3 is 2.90 bits per heavy atom. The average molecular weight is 421 g/mol. The molecule has 8 heteroatoms. The maximum Gasteiger partial charge on any atom is 0.242 e. The second kappa shape index (κ2) is 9.84. The van der Waals surface area contributed by atoms with E-state index in [2.05, 4.69) is 0 Å². The smallest absolute Gasteiger partial charge is 0.242 e. The Labute approximate surface area is 173 Å². The Morgan fingerprint density at radius 2 is 2.17 bits per heavy atom. The minimum atomic E-state index is -0.370. The summed E-state index contributed by atoms with van der Waals surface area (Å²) in [7, 11) is 1.56. The van der Waals surface area contributed by atoms with Crippen LogP contribution in [0.1, 0.15) is 23.4 Å².